The SMILES string of the molecule is CC(=O)N1CCCN(C(=O)N[C@H](c2ccccc2)c2cccc(C)c2)CC1. The maximum Gasteiger partial charge on any atom is 0.318 e. The summed E-state index contributed by atoms with van der Waals surface area (Å²) in [5.74, 6) is 0.0687. The maximum absolute atomic E-state index is 13.0. The molecule has 5 nitrogen and oxygen atoms in total. The van der Waals surface area contributed by atoms with Crippen molar-refractivity contribution in [2.75, 3.05) is 26.2 Å². The van der Waals surface area contributed by atoms with Crippen LogP contribution in [0.1, 0.15) is 36.1 Å². The summed E-state index contributed by atoms with van der Waals surface area (Å²) in [7, 11) is 0. The van der Waals surface area contributed by atoms with Gasteiger partial charge in [0.05, 0.1) is 6.04 Å². The molecule has 0 unspecified atom stereocenters. The highest BCUT2D eigenvalue weighted by Gasteiger charge is 2.23. The van der Waals surface area contributed by atoms with Crippen molar-refractivity contribution in [1.82, 2.24) is 15.1 Å². The molecule has 2 aromatic carbocycles. The number of amides is 3. The zero-order valence-corrected chi connectivity index (χ0v) is 16.0. The van der Waals surface area contributed by atoms with Gasteiger partial charge in [0.1, 0.15) is 0 Å². The summed E-state index contributed by atoms with van der Waals surface area (Å²) >= 11 is 0. The van der Waals surface area contributed by atoms with Gasteiger partial charge in [0.15, 0.2) is 0 Å². The fourth-order valence-electron chi connectivity index (χ4n) is 3.50. The Morgan fingerprint density at radius 3 is 2.26 bits per heavy atom. The number of aryl methyl sites for hydroxylation is 1. The number of nitrogens with one attached hydrogen (secondary N) is 1. The molecule has 1 atom stereocenters. The Balaban J connectivity index is 1.78. The second kappa shape index (κ2) is 8.71. The molecule has 0 saturated carbocycles. The van der Waals surface area contributed by atoms with Crippen molar-refractivity contribution >= 4 is 11.9 Å². The van der Waals surface area contributed by atoms with Gasteiger partial charge in [-0.1, -0.05) is 60.2 Å². The van der Waals surface area contributed by atoms with Gasteiger partial charge in [0, 0.05) is 33.1 Å². The highest BCUT2D eigenvalue weighted by molar-refractivity contribution is 5.76. The molecule has 3 rings (SSSR count). The first kappa shape index (κ1) is 19.0. The third kappa shape index (κ3) is 4.88. The number of urea groups is 1. The van der Waals surface area contributed by atoms with E-state index in [1.165, 1.54) is 0 Å². The number of nitrogens with zero attached hydrogens (tertiary/aromatic N) is 2. The molecule has 142 valence electrons. The van der Waals surface area contributed by atoms with Crippen LogP contribution in [0.4, 0.5) is 4.79 Å². The summed E-state index contributed by atoms with van der Waals surface area (Å²) < 4.78 is 0. The van der Waals surface area contributed by atoms with Gasteiger partial charge in [0.25, 0.3) is 0 Å². The highest BCUT2D eigenvalue weighted by Crippen LogP contribution is 2.23. The number of carbonyl (C=O) groups excluding carboxylic acids is 2. The Kier molecular flexibility index (Phi) is 6.12. The second-order valence-corrected chi connectivity index (χ2v) is 7.05. The van der Waals surface area contributed by atoms with Crippen molar-refractivity contribution in [3.05, 3.63) is 71.3 Å². The van der Waals surface area contributed by atoms with E-state index in [2.05, 4.69) is 24.4 Å². The summed E-state index contributed by atoms with van der Waals surface area (Å²) in [6, 6.07) is 18.0. The lowest BCUT2D eigenvalue weighted by molar-refractivity contribution is -0.128. The zero-order valence-electron chi connectivity index (χ0n) is 16.0. The standard InChI is InChI=1S/C22H27N3O2/c1-17-8-6-11-20(16-17)21(19-9-4-3-5-10-19)23-22(27)25-13-7-12-24(14-15-25)18(2)26/h3-6,8-11,16,21H,7,12-15H2,1-2H3,(H,23,27)/t21-/m1/s1. The van der Waals surface area contributed by atoms with Crippen LogP contribution in [0.25, 0.3) is 0 Å². The summed E-state index contributed by atoms with van der Waals surface area (Å²) in [5.41, 5.74) is 3.28. The predicted molar refractivity (Wildman–Crippen MR) is 106 cm³/mol. The molecule has 5 heteroatoms. The lowest BCUT2D eigenvalue weighted by atomic mass is 9.97. The van der Waals surface area contributed by atoms with Crippen LogP contribution in [-0.4, -0.2) is 47.9 Å². The molecule has 2 aromatic rings. The van der Waals surface area contributed by atoms with Crippen LogP contribution < -0.4 is 5.32 Å². The van der Waals surface area contributed by atoms with Gasteiger partial charge in [-0.3, -0.25) is 4.79 Å². The Bertz CT molecular complexity index is 791. The van der Waals surface area contributed by atoms with Crippen molar-refractivity contribution in [2.24, 2.45) is 0 Å². The van der Waals surface area contributed by atoms with Crippen molar-refractivity contribution in [2.45, 2.75) is 26.3 Å². The Labute approximate surface area is 161 Å². The van der Waals surface area contributed by atoms with Gasteiger partial charge in [-0.05, 0) is 24.5 Å². The zero-order chi connectivity index (χ0) is 19.2. The molecule has 0 bridgehead atoms. The molecule has 0 radical (unpaired) electrons. The number of hydrogen-bond acceptors (Lipinski definition) is 2. The third-order valence-electron chi connectivity index (χ3n) is 5.00. The van der Waals surface area contributed by atoms with Crippen LogP contribution >= 0.6 is 0 Å². The van der Waals surface area contributed by atoms with Gasteiger partial charge >= 0.3 is 6.03 Å². The molecule has 1 aliphatic rings. The van der Waals surface area contributed by atoms with Gasteiger partial charge < -0.3 is 15.1 Å². The van der Waals surface area contributed by atoms with E-state index in [-0.39, 0.29) is 18.0 Å². The summed E-state index contributed by atoms with van der Waals surface area (Å²) in [6.07, 6.45) is 0.799. The first-order valence-electron chi connectivity index (χ1n) is 9.47. The van der Waals surface area contributed by atoms with Crippen molar-refractivity contribution in [3.8, 4) is 0 Å². The van der Waals surface area contributed by atoms with Crippen molar-refractivity contribution in [1.29, 1.82) is 0 Å². The number of rotatable bonds is 3. The van der Waals surface area contributed by atoms with Crippen LogP contribution in [0.5, 0.6) is 0 Å². The van der Waals surface area contributed by atoms with E-state index in [0.29, 0.717) is 26.2 Å². The lowest BCUT2D eigenvalue weighted by Gasteiger charge is -2.26. The van der Waals surface area contributed by atoms with E-state index < -0.39 is 0 Å². The molecule has 0 spiro atoms. The Hall–Kier alpha value is -2.82. The topological polar surface area (TPSA) is 52.7 Å². The van der Waals surface area contributed by atoms with E-state index in [1.807, 2.05) is 52.3 Å². The normalized spacial score (nSPS) is 15.8. The van der Waals surface area contributed by atoms with Gasteiger partial charge in [-0.2, -0.15) is 0 Å². The second-order valence-electron chi connectivity index (χ2n) is 7.05. The number of benzene rings is 2. The van der Waals surface area contributed by atoms with Crippen molar-refractivity contribution < 1.29 is 9.59 Å². The molecule has 1 N–H and O–H groups in total. The highest BCUT2D eigenvalue weighted by atomic mass is 16.2. The molecule has 0 aliphatic carbocycles. The van der Waals surface area contributed by atoms with Crippen molar-refractivity contribution in [3.63, 3.8) is 0 Å². The Morgan fingerprint density at radius 1 is 0.889 bits per heavy atom. The van der Waals surface area contributed by atoms with Gasteiger partial charge in [0.2, 0.25) is 5.91 Å². The molecule has 1 fully saturated rings. The molecule has 1 saturated heterocycles. The minimum atomic E-state index is -0.203. The molecule has 3 amide bonds. The van der Waals surface area contributed by atoms with Gasteiger partial charge in [-0.25, -0.2) is 4.79 Å². The molecule has 1 aliphatic heterocycles. The minimum Gasteiger partial charge on any atom is -0.341 e. The van der Waals surface area contributed by atoms with Crippen LogP contribution in [0.15, 0.2) is 54.6 Å². The smallest absolute Gasteiger partial charge is 0.318 e. The minimum absolute atomic E-state index is 0.0687. The van der Waals surface area contributed by atoms with Crippen LogP contribution in [0.2, 0.25) is 0 Å². The fraction of sp³-hybridized carbons (Fsp3) is 0.364. The first-order valence-corrected chi connectivity index (χ1v) is 9.47. The summed E-state index contributed by atoms with van der Waals surface area (Å²) in [5, 5.41) is 3.20. The average Bonchev–Trinajstić information content (AvgIpc) is 2.93. The molecule has 1 heterocycles. The van der Waals surface area contributed by atoms with Crippen LogP contribution in [-0.2, 0) is 4.79 Å². The maximum atomic E-state index is 13.0. The average molecular weight is 365 g/mol. The monoisotopic (exact) mass is 365 g/mol. The molecular weight excluding hydrogens is 338 g/mol. The van der Waals surface area contributed by atoms with E-state index in [4.69, 9.17) is 0 Å². The van der Waals surface area contributed by atoms with E-state index in [9.17, 15) is 9.59 Å². The first-order chi connectivity index (χ1) is 13.0. The van der Waals surface area contributed by atoms with E-state index in [0.717, 1.165) is 23.1 Å². The summed E-state index contributed by atoms with van der Waals surface area (Å²) in [6.45, 7) is 6.14. The van der Waals surface area contributed by atoms with Crippen LogP contribution in [0.3, 0.4) is 0 Å². The summed E-state index contributed by atoms with van der Waals surface area (Å²) in [4.78, 5) is 28.2. The van der Waals surface area contributed by atoms with E-state index >= 15 is 0 Å². The molecule has 0 aromatic heterocycles. The van der Waals surface area contributed by atoms with Crippen LogP contribution in [0, 0.1) is 6.92 Å². The molecule has 27 heavy (non-hydrogen) atoms. The predicted octanol–water partition coefficient (Wildman–Crippen LogP) is 3.35. The third-order valence-corrected chi connectivity index (χ3v) is 5.00. The van der Waals surface area contributed by atoms with E-state index in [1.54, 1.807) is 6.92 Å². The van der Waals surface area contributed by atoms with Gasteiger partial charge in [-0.15, -0.1) is 0 Å². The quantitative estimate of drug-likeness (QED) is 0.907. The lowest BCUT2D eigenvalue weighted by Crippen LogP contribution is -2.44. The largest absolute Gasteiger partial charge is 0.341 e. The Morgan fingerprint density at radius 2 is 1.56 bits per heavy atom. The number of hydrogen-bond donors (Lipinski definition) is 1. The number of carbonyl (C=O) groups is 2. The molecular formula is C22H27N3O2. The fourth-order valence-corrected chi connectivity index (χ4v) is 3.50.